The maximum atomic E-state index is 10.4. The topological polar surface area (TPSA) is 82.0 Å². The van der Waals surface area contributed by atoms with Gasteiger partial charge in [0, 0.05) is 30.5 Å². The normalized spacial score (nSPS) is 20.5. The molecular formula is C23H31NO4. The molecule has 3 rings (SSSR count). The van der Waals surface area contributed by atoms with Gasteiger partial charge >= 0.3 is 0 Å². The first kappa shape index (κ1) is 20.8. The molecule has 0 heterocycles. The minimum atomic E-state index is -0.775. The van der Waals surface area contributed by atoms with Gasteiger partial charge in [-0.2, -0.15) is 0 Å². The molecule has 1 aliphatic carbocycles. The van der Waals surface area contributed by atoms with E-state index < -0.39 is 18.3 Å². The molecule has 2 aromatic rings. The van der Waals surface area contributed by atoms with Gasteiger partial charge in [-0.25, -0.2) is 0 Å². The zero-order valence-electron chi connectivity index (χ0n) is 16.6. The van der Waals surface area contributed by atoms with Crippen molar-refractivity contribution < 1.29 is 20.1 Å². The van der Waals surface area contributed by atoms with Crippen molar-refractivity contribution in [1.82, 2.24) is 5.32 Å². The van der Waals surface area contributed by atoms with Crippen LogP contribution in [0.25, 0.3) is 0 Å². The predicted octanol–water partition coefficient (Wildman–Crippen LogP) is 1.86. The van der Waals surface area contributed by atoms with Crippen molar-refractivity contribution in [1.29, 1.82) is 0 Å². The van der Waals surface area contributed by atoms with E-state index in [4.69, 9.17) is 4.74 Å². The molecule has 0 aliphatic heterocycles. The fourth-order valence-corrected chi connectivity index (χ4v) is 3.68. The summed E-state index contributed by atoms with van der Waals surface area (Å²) in [6.45, 7) is 4.83. The second-order valence-electron chi connectivity index (χ2n) is 8.33. The lowest BCUT2D eigenvalue weighted by molar-refractivity contribution is 0.0132. The van der Waals surface area contributed by atoms with Crippen molar-refractivity contribution in [2.45, 2.75) is 57.0 Å². The Balaban J connectivity index is 1.51. The number of ether oxygens (including phenoxy) is 1. The monoisotopic (exact) mass is 385 g/mol. The third kappa shape index (κ3) is 5.55. The molecule has 4 N–H and O–H groups in total. The summed E-state index contributed by atoms with van der Waals surface area (Å²) in [5.41, 5.74) is 3.02. The van der Waals surface area contributed by atoms with Gasteiger partial charge in [0.25, 0.3) is 0 Å². The van der Waals surface area contributed by atoms with Gasteiger partial charge in [0.05, 0.1) is 12.2 Å². The molecule has 1 aliphatic rings. The highest BCUT2D eigenvalue weighted by molar-refractivity contribution is 5.43. The SMILES string of the molecule is CC(C)(Cc1ccccc1)NCC(O)COc1cccc2c1C[C@H](O)[C@H](O)C2. The Labute approximate surface area is 167 Å². The van der Waals surface area contributed by atoms with Crippen LogP contribution in [0.2, 0.25) is 0 Å². The number of β-amino-alcohol motifs (C(OH)–C–C–N with tert-alkyl or cyclic N) is 1. The number of benzene rings is 2. The summed E-state index contributed by atoms with van der Waals surface area (Å²) in [7, 11) is 0. The molecule has 0 saturated carbocycles. The van der Waals surface area contributed by atoms with Crippen molar-refractivity contribution in [3.05, 3.63) is 65.2 Å². The predicted molar refractivity (Wildman–Crippen MR) is 110 cm³/mol. The van der Waals surface area contributed by atoms with E-state index in [1.165, 1.54) is 5.56 Å². The molecule has 5 heteroatoms. The molecule has 0 radical (unpaired) electrons. The van der Waals surface area contributed by atoms with Crippen LogP contribution in [0.1, 0.15) is 30.5 Å². The molecule has 0 bridgehead atoms. The van der Waals surface area contributed by atoms with E-state index in [1.54, 1.807) is 0 Å². The van der Waals surface area contributed by atoms with E-state index in [9.17, 15) is 15.3 Å². The van der Waals surface area contributed by atoms with E-state index in [0.29, 0.717) is 25.1 Å². The van der Waals surface area contributed by atoms with Crippen LogP contribution < -0.4 is 10.1 Å². The highest BCUT2D eigenvalue weighted by Gasteiger charge is 2.27. The Morgan fingerprint density at radius 1 is 1.04 bits per heavy atom. The van der Waals surface area contributed by atoms with Crippen LogP contribution in [0.15, 0.2) is 48.5 Å². The van der Waals surface area contributed by atoms with Crippen LogP contribution in [0.4, 0.5) is 0 Å². The van der Waals surface area contributed by atoms with Crippen LogP contribution in [-0.4, -0.2) is 52.3 Å². The van der Waals surface area contributed by atoms with Gasteiger partial charge in [0.2, 0.25) is 0 Å². The standard InChI is InChI=1S/C23H31NO4/c1-23(2,13-16-7-4-3-5-8-16)24-14-18(25)15-28-22-10-6-9-17-11-20(26)21(27)12-19(17)22/h3-10,18,20-21,24-27H,11-15H2,1-2H3/t18?,20-,21+/m1/s1. The Morgan fingerprint density at radius 3 is 2.50 bits per heavy atom. The van der Waals surface area contributed by atoms with E-state index in [1.807, 2.05) is 36.4 Å². The molecule has 2 aromatic carbocycles. The summed E-state index contributed by atoms with van der Waals surface area (Å²) in [6, 6.07) is 16.0. The summed E-state index contributed by atoms with van der Waals surface area (Å²) < 4.78 is 5.85. The lowest BCUT2D eigenvalue weighted by Crippen LogP contribution is -2.46. The Hall–Kier alpha value is -1.92. The zero-order chi connectivity index (χ0) is 20.1. The lowest BCUT2D eigenvalue weighted by Gasteiger charge is -2.29. The molecule has 152 valence electrons. The highest BCUT2D eigenvalue weighted by atomic mass is 16.5. The van der Waals surface area contributed by atoms with E-state index in [2.05, 4.69) is 31.3 Å². The first-order valence-corrected chi connectivity index (χ1v) is 9.91. The van der Waals surface area contributed by atoms with Crippen molar-refractivity contribution in [3.63, 3.8) is 0 Å². The molecule has 0 saturated heterocycles. The van der Waals surface area contributed by atoms with Gasteiger partial charge in [0.1, 0.15) is 18.5 Å². The average Bonchev–Trinajstić information content (AvgIpc) is 2.66. The number of nitrogens with one attached hydrogen (secondary N) is 1. The third-order valence-electron chi connectivity index (χ3n) is 5.25. The largest absolute Gasteiger partial charge is 0.491 e. The molecule has 3 atom stereocenters. The first-order chi connectivity index (χ1) is 13.3. The van der Waals surface area contributed by atoms with Crippen molar-refractivity contribution in [3.8, 4) is 5.75 Å². The maximum absolute atomic E-state index is 10.4. The number of aliphatic hydroxyl groups is 3. The number of aliphatic hydroxyl groups excluding tert-OH is 3. The Kier molecular flexibility index (Phi) is 6.73. The number of hydrogen-bond acceptors (Lipinski definition) is 5. The summed E-state index contributed by atoms with van der Waals surface area (Å²) in [6.07, 6.45) is -0.498. The molecule has 5 nitrogen and oxygen atoms in total. The van der Waals surface area contributed by atoms with Crippen LogP contribution in [0, 0.1) is 0 Å². The van der Waals surface area contributed by atoms with Crippen molar-refractivity contribution in [2.75, 3.05) is 13.2 Å². The molecule has 0 fully saturated rings. The fraction of sp³-hybridized carbons (Fsp3) is 0.478. The molecule has 0 aromatic heterocycles. The summed E-state index contributed by atoms with van der Waals surface area (Å²) in [5, 5.41) is 33.6. The van der Waals surface area contributed by atoms with Crippen LogP contribution >= 0.6 is 0 Å². The molecule has 0 amide bonds. The van der Waals surface area contributed by atoms with Crippen LogP contribution in [0.5, 0.6) is 5.75 Å². The Morgan fingerprint density at radius 2 is 1.75 bits per heavy atom. The summed E-state index contributed by atoms with van der Waals surface area (Å²) in [4.78, 5) is 0. The van der Waals surface area contributed by atoms with Gasteiger partial charge < -0.3 is 25.4 Å². The first-order valence-electron chi connectivity index (χ1n) is 9.91. The van der Waals surface area contributed by atoms with Gasteiger partial charge in [-0.3, -0.25) is 0 Å². The van der Waals surface area contributed by atoms with Gasteiger partial charge in [-0.05, 0) is 37.5 Å². The van der Waals surface area contributed by atoms with Crippen molar-refractivity contribution in [2.24, 2.45) is 0 Å². The van der Waals surface area contributed by atoms with Crippen LogP contribution in [0.3, 0.4) is 0 Å². The maximum Gasteiger partial charge on any atom is 0.123 e. The second-order valence-corrected chi connectivity index (χ2v) is 8.33. The number of hydrogen-bond donors (Lipinski definition) is 4. The number of rotatable bonds is 8. The summed E-state index contributed by atoms with van der Waals surface area (Å²) >= 11 is 0. The molecule has 1 unspecified atom stereocenters. The van der Waals surface area contributed by atoms with Crippen LogP contribution in [-0.2, 0) is 19.3 Å². The highest BCUT2D eigenvalue weighted by Crippen LogP contribution is 2.30. The van der Waals surface area contributed by atoms with Gasteiger partial charge in [-0.1, -0.05) is 42.5 Å². The Bertz CT molecular complexity index is 762. The number of fused-ring (bicyclic) bond motifs is 1. The minimum absolute atomic E-state index is 0.144. The second kappa shape index (κ2) is 9.05. The van der Waals surface area contributed by atoms with E-state index in [-0.39, 0.29) is 12.1 Å². The molecule has 28 heavy (non-hydrogen) atoms. The average molecular weight is 386 g/mol. The molecular weight excluding hydrogens is 354 g/mol. The molecule has 0 spiro atoms. The zero-order valence-corrected chi connectivity index (χ0v) is 16.6. The van der Waals surface area contributed by atoms with Crippen molar-refractivity contribution >= 4 is 0 Å². The van der Waals surface area contributed by atoms with Gasteiger partial charge in [0.15, 0.2) is 0 Å². The minimum Gasteiger partial charge on any atom is -0.491 e. The smallest absolute Gasteiger partial charge is 0.123 e. The third-order valence-corrected chi connectivity index (χ3v) is 5.25. The summed E-state index contributed by atoms with van der Waals surface area (Å²) in [5.74, 6) is 0.672. The van der Waals surface area contributed by atoms with E-state index in [0.717, 1.165) is 17.5 Å². The van der Waals surface area contributed by atoms with E-state index >= 15 is 0 Å². The quantitative estimate of drug-likeness (QED) is 0.558. The lowest BCUT2D eigenvalue weighted by atomic mass is 9.87. The van der Waals surface area contributed by atoms with Gasteiger partial charge in [-0.15, -0.1) is 0 Å². The fourth-order valence-electron chi connectivity index (χ4n) is 3.68.